The van der Waals surface area contributed by atoms with Crippen LogP contribution in [-0.4, -0.2) is 73.0 Å². The Balaban J connectivity index is 1.83. The van der Waals surface area contributed by atoms with Gasteiger partial charge in [0.2, 0.25) is 5.91 Å². The quantitative estimate of drug-likeness (QED) is 0.744. The Morgan fingerprint density at radius 3 is 2.44 bits per heavy atom. The molecule has 0 aromatic heterocycles. The number of amides is 1. The summed E-state index contributed by atoms with van der Waals surface area (Å²) in [5.41, 5.74) is 0. The van der Waals surface area contributed by atoms with Crippen molar-refractivity contribution in [2.24, 2.45) is 5.92 Å². The minimum atomic E-state index is 0.172. The molecule has 0 aliphatic carbocycles. The zero-order chi connectivity index (χ0) is 13.1. The number of nitrogens with zero attached hydrogens (tertiary/aromatic N) is 3. The van der Waals surface area contributed by atoms with Crippen LogP contribution in [0, 0.1) is 5.92 Å². The van der Waals surface area contributed by atoms with Gasteiger partial charge in [0.05, 0.1) is 6.04 Å². The first-order valence-electron chi connectivity index (χ1n) is 7.29. The summed E-state index contributed by atoms with van der Waals surface area (Å²) in [5, 5.41) is 0. The number of likely N-dealkylation sites (tertiary alicyclic amines) is 1. The van der Waals surface area contributed by atoms with Crippen LogP contribution < -0.4 is 0 Å². The normalized spacial score (nSPS) is 27.4. The lowest BCUT2D eigenvalue weighted by atomic mass is 10.1. The van der Waals surface area contributed by atoms with Crippen LogP contribution in [0.25, 0.3) is 0 Å². The summed E-state index contributed by atoms with van der Waals surface area (Å²) in [6.45, 7) is 10.6. The molecule has 0 saturated carbocycles. The minimum absolute atomic E-state index is 0.172. The maximum absolute atomic E-state index is 12.4. The molecular formula is C14H27N3O. The molecule has 0 aromatic carbocycles. The number of hydrogen-bond acceptors (Lipinski definition) is 3. The van der Waals surface area contributed by atoms with E-state index in [0.29, 0.717) is 11.8 Å². The van der Waals surface area contributed by atoms with Crippen molar-refractivity contribution in [3.05, 3.63) is 0 Å². The predicted octanol–water partition coefficient (Wildman–Crippen LogP) is 0.881. The third-order valence-electron chi connectivity index (χ3n) is 4.22. The van der Waals surface area contributed by atoms with Crippen molar-refractivity contribution in [2.75, 3.05) is 46.3 Å². The van der Waals surface area contributed by atoms with Crippen molar-refractivity contribution in [2.45, 2.75) is 32.7 Å². The highest BCUT2D eigenvalue weighted by Crippen LogP contribution is 2.19. The topological polar surface area (TPSA) is 26.8 Å². The molecule has 2 aliphatic rings. The molecule has 4 nitrogen and oxygen atoms in total. The first-order valence-corrected chi connectivity index (χ1v) is 7.29. The van der Waals surface area contributed by atoms with Gasteiger partial charge in [0.1, 0.15) is 0 Å². The van der Waals surface area contributed by atoms with Crippen molar-refractivity contribution < 1.29 is 4.79 Å². The van der Waals surface area contributed by atoms with Gasteiger partial charge in [-0.15, -0.1) is 0 Å². The molecule has 2 fully saturated rings. The SMILES string of the molecule is CC(C)CCN1CCC(N2CCN(C)CC2)C1=O. The van der Waals surface area contributed by atoms with Crippen LogP contribution in [0.3, 0.4) is 0 Å². The van der Waals surface area contributed by atoms with Crippen molar-refractivity contribution in [3.8, 4) is 0 Å². The van der Waals surface area contributed by atoms with Gasteiger partial charge in [-0.2, -0.15) is 0 Å². The summed E-state index contributed by atoms with van der Waals surface area (Å²) in [5.74, 6) is 1.06. The molecule has 0 spiro atoms. The van der Waals surface area contributed by atoms with Crippen LogP contribution >= 0.6 is 0 Å². The second-order valence-corrected chi connectivity index (χ2v) is 6.15. The largest absolute Gasteiger partial charge is 0.341 e. The van der Waals surface area contributed by atoms with Gasteiger partial charge >= 0.3 is 0 Å². The molecule has 1 unspecified atom stereocenters. The summed E-state index contributed by atoms with van der Waals surface area (Å²) < 4.78 is 0. The van der Waals surface area contributed by atoms with Crippen LogP contribution in [0.4, 0.5) is 0 Å². The number of likely N-dealkylation sites (N-methyl/N-ethyl adjacent to an activating group) is 1. The maximum Gasteiger partial charge on any atom is 0.239 e. The molecule has 0 bridgehead atoms. The summed E-state index contributed by atoms with van der Waals surface area (Å²) in [4.78, 5) is 19.2. The van der Waals surface area contributed by atoms with Gasteiger partial charge in [-0.05, 0) is 25.8 Å². The van der Waals surface area contributed by atoms with Gasteiger partial charge in [0.25, 0.3) is 0 Å². The highest BCUT2D eigenvalue weighted by molar-refractivity contribution is 5.84. The Morgan fingerprint density at radius 2 is 1.83 bits per heavy atom. The number of piperazine rings is 1. The van der Waals surface area contributed by atoms with E-state index in [1.54, 1.807) is 0 Å². The summed E-state index contributed by atoms with van der Waals surface area (Å²) in [6.07, 6.45) is 2.15. The van der Waals surface area contributed by atoms with E-state index in [2.05, 4.69) is 35.6 Å². The molecule has 0 radical (unpaired) electrons. The number of carbonyl (C=O) groups excluding carboxylic acids is 1. The fourth-order valence-corrected chi connectivity index (χ4v) is 2.83. The fraction of sp³-hybridized carbons (Fsp3) is 0.929. The van der Waals surface area contributed by atoms with Gasteiger partial charge in [-0.25, -0.2) is 0 Å². The van der Waals surface area contributed by atoms with E-state index in [9.17, 15) is 4.79 Å². The van der Waals surface area contributed by atoms with Gasteiger partial charge in [-0.3, -0.25) is 9.69 Å². The lowest BCUT2D eigenvalue weighted by Gasteiger charge is -2.35. The van der Waals surface area contributed by atoms with Crippen LogP contribution in [0.2, 0.25) is 0 Å². The number of hydrogen-bond donors (Lipinski definition) is 0. The number of carbonyl (C=O) groups is 1. The van der Waals surface area contributed by atoms with Crippen LogP contribution in [0.5, 0.6) is 0 Å². The molecule has 1 atom stereocenters. The highest BCUT2D eigenvalue weighted by atomic mass is 16.2. The molecule has 2 heterocycles. The monoisotopic (exact) mass is 253 g/mol. The Hall–Kier alpha value is -0.610. The van der Waals surface area contributed by atoms with Crippen molar-refractivity contribution >= 4 is 5.91 Å². The van der Waals surface area contributed by atoms with E-state index in [0.717, 1.165) is 52.1 Å². The second-order valence-electron chi connectivity index (χ2n) is 6.15. The Labute approximate surface area is 111 Å². The second kappa shape index (κ2) is 6.02. The van der Waals surface area contributed by atoms with Crippen molar-refractivity contribution in [3.63, 3.8) is 0 Å². The smallest absolute Gasteiger partial charge is 0.239 e. The highest BCUT2D eigenvalue weighted by Gasteiger charge is 2.36. The van der Waals surface area contributed by atoms with Crippen molar-refractivity contribution in [1.82, 2.24) is 14.7 Å². The zero-order valence-electron chi connectivity index (χ0n) is 12.1. The predicted molar refractivity (Wildman–Crippen MR) is 73.5 cm³/mol. The standard InChI is InChI=1S/C14H27N3O/c1-12(2)4-6-17-7-5-13(14(17)18)16-10-8-15(3)9-11-16/h12-13H,4-11H2,1-3H3. The van der Waals surface area contributed by atoms with E-state index in [4.69, 9.17) is 0 Å². The molecule has 18 heavy (non-hydrogen) atoms. The maximum atomic E-state index is 12.4. The molecule has 2 aliphatic heterocycles. The van der Waals surface area contributed by atoms with Gasteiger partial charge in [0, 0.05) is 39.3 Å². The van der Waals surface area contributed by atoms with Gasteiger partial charge in [0.15, 0.2) is 0 Å². The third kappa shape index (κ3) is 3.23. The molecule has 2 saturated heterocycles. The van der Waals surface area contributed by atoms with Crippen molar-refractivity contribution in [1.29, 1.82) is 0 Å². The first kappa shape index (κ1) is 13.8. The fourth-order valence-electron chi connectivity index (χ4n) is 2.83. The third-order valence-corrected chi connectivity index (χ3v) is 4.22. The molecule has 104 valence electrons. The van der Waals surface area contributed by atoms with E-state index in [1.807, 2.05) is 0 Å². The minimum Gasteiger partial charge on any atom is -0.341 e. The van der Waals surface area contributed by atoms with E-state index in [-0.39, 0.29) is 6.04 Å². The Kier molecular flexibility index (Phi) is 4.62. The summed E-state index contributed by atoms with van der Waals surface area (Å²) >= 11 is 0. The zero-order valence-corrected chi connectivity index (χ0v) is 12.1. The summed E-state index contributed by atoms with van der Waals surface area (Å²) in [6, 6.07) is 0.172. The van der Waals surface area contributed by atoms with Crippen LogP contribution in [0.15, 0.2) is 0 Å². The number of rotatable bonds is 4. The van der Waals surface area contributed by atoms with E-state index < -0.39 is 0 Å². The molecule has 1 amide bonds. The molecule has 0 N–H and O–H groups in total. The van der Waals surface area contributed by atoms with Gasteiger partial charge < -0.3 is 9.80 Å². The van der Waals surface area contributed by atoms with E-state index in [1.165, 1.54) is 0 Å². The van der Waals surface area contributed by atoms with Crippen LogP contribution in [-0.2, 0) is 4.79 Å². The van der Waals surface area contributed by atoms with Gasteiger partial charge in [-0.1, -0.05) is 13.8 Å². The van der Waals surface area contributed by atoms with Crippen LogP contribution in [0.1, 0.15) is 26.7 Å². The molecule has 2 rings (SSSR count). The summed E-state index contributed by atoms with van der Waals surface area (Å²) in [7, 11) is 2.16. The molecule has 4 heteroatoms. The lowest BCUT2D eigenvalue weighted by Crippen LogP contribution is -2.51. The van der Waals surface area contributed by atoms with E-state index >= 15 is 0 Å². The average molecular weight is 253 g/mol. The lowest BCUT2D eigenvalue weighted by molar-refractivity contribution is -0.132. The first-order chi connectivity index (χ1) is 8.58. The Bertz CT molecular complexity index is 285. The molecule has 0 aromatic rings. The molecular weight excluding hydrogens is 226 g/mol. The Morgan fingerprint density at radius 1 is 1.17 bits per heavy atom. The average Bonchev–Trinajstić information content (AvgIpc) is 2.69.